The molecule has 0 bridgehead atoms. The monoisotopic (exact) mass is 246 g/mol. The van der Waals surface area contributed by atoms with Crippen LogP contribution in [0, 0.1) is 0 Å². The summed E-state index contributed by atoms with van der Waals surface area (Å²) in [6.07, 6.45) is 4.37. The molecule has 0 aliphatic heterocycles. The molecule has 0 fully saturated rings. The first-order valence-corrected chi connectivity index (χ1v) is 5.71. The highest BCUT2D eigenvalue weighted by Gasteiger charge is 2.04. The lowest BCUT2D eigenvalue weighted by molar-refractivity contribution is 0.0947. The van der Waals surface area contributed by atoms with Gasteiger partial charge in [0.1, 0.15) is 5.69 Å². The van der Waals surface area contributed by atoms with Gasteiger partial charge in [-0.2, -0.15) is 5.10 Å². The summed E-state index contributed by atoms with van der Waals surface area (Å²) in [6.45, 7) is 1.29. The summed E-state index contributed by atoms with van der Waals surface area (Å²) < 4.78 is 1.80. The summed E-state index contributed by atoms with van der Waals surface area (Å²) in [5, 5.41) is 6.80. The van der Waals surface area contributed by atoms with E-state index >= 15 is 0 Å². The zero-order chi connectivity index (χ0) is 12.8. The molecule has 0 saturated heterocycles. The van der Waals surface area contributed by atoms with Crippen molar-refractivity contribution >= 4 is 5.91 Å². The van der Waals surface area contributed by atoms with Crippen LogP contribution in [-0.2, 0) is 6.54 Å². The molecule has 0 spiro atoms. The van der Waals surface area contributed by atoms with Crippen molar-refractivity contribution in [1.82, 2.24) is 20.1 Å². The summed E-state index contributed by atoms with van der Waals surface area (Å²) in [7, 11) is 0. The Hall–Kier alpha value is -2.37. The topological polar surface area (TPSA) is 79.8 Å². The van der Waals surface area contributed by atoms with Gasteiger partial charge in [0.2, 0.25) is 5.56 Å². The molecule has 94 valence electrons. The number of hydrogen-bond donors (Lipinski definition) is 2. The largest absolute Gasteiger partial charge is 0.351 e. The van der Waals surface area contributed by atoms with Crippen LogP contribution < -0.4 is 10.9 Å². The second kappa shape index (κ2) is 5.81. The van der Waals surface area contributed by atoms with E-state index in [2.05, 4.69) is 15.4 Å². The fourth-order valence-electron chi connectivity index (χ4n) is 1.55. The quantitative estimate of drug-likeness (QED) is 0.749. The van der Waals surface area contributed by atoms with Crippen molar-refractivity contribution in [3.63, 3.8) is 0 Å². The van der Waals surface area contributed by atoms with Crippen LogP contribution in [0.2, 0.25) is 0 Å². The fraction of sp³-hybridized carbons (Fsp3) is 0.250. The molecule has 2 heterocycles. The van der Waals surface area contributed by atoms with Crippen molar-refractivity contribution in [3.05, 3.63) is 52.7 Å². The number of carbonyl (C=O) groups excluding carboxylic acids is 1. The molecule has 0 aliphatic carbocycles. The van der Waals surface area contributed by atoms with E-state index in [0.29, 0.717) is 6.54 Å². The number of aromatic amines is 1. The summed E-state index contributed by atoms with van der Waals surface area (Å²) in [6, 6.07) is 6.35. The van der Waals surface area contributed by atoms with Crippen molar-refractivity contribution in [1.29, 1.82) is 0 Å². The maximum Gasteiger partial charge on any atom is 0.267 e. The minimum Gasteiger partial charge on any atom is -0.351 e. The van der Waals surface area contributed by atoms with Gasteiger partial charge in [0.25, 0.3) is 5.91 Å². The molecule has 18 heavy (non-hydrogen) atoms. The first kappa shape index (κ1) is 12.1. The number of rotatable bonds is 5. The van der Waals surface area contributed by atoms with Gasteiger partial charge in [0.15, 0.2) is 0 Å². The molecule has 0 unspecified atom stereocenters. The number of pyridine rings is 1. The average Bonchev–Trinajstić information content (AvgIpc) is 2.87. The number of amides is 1. The summed E-state index contributed by atoms with van der Waals surface area (Å²) in [5.74, 6) is -0.270. The van der Waals surface area contributed by atoms with Crippen LogP contribution in [0.25, 0.3) is 0 Å². The van der Waals surface area contributed by atoms with Gasteiger partial charge >= 0.3 is 0 Å². The van der Waals surface area contributed by atoms with E-state index in [9.17, 15) is 9.59 Å². The van der Waals surface area contributed by atoms with Crippen LogP contribution in [0.4, 0.5) is 0 Å². The third-order valence-electron chi connectivity index (χ3n) is 2.42. The lowest BCUT2D eigenvalue weighted by Crippen LogP contribution is -2.27. The molecule has 2 aromatic rings. The predicted molar refractivity (Wildman–Crippen MR) is 66.2 cm³/mol. The van der Waals surface area contributed by atoms with Crippen molar-refractivity contribution in [2.75, 3.05) is 6.54 Å². The van der Waals surface area contributed by atoms with E-state index in [-0.39, 0.29) is 17.2 Å². The lowest BCUT2D eigenvalue weighted by Gasteiger charge is -2.05. The van der Waals surface area contributed by atoms with E-state index in [1.54, 1.807) is 23.0 Å². The molecule has 2 aromatic heterocycles. The molecule has 6 heteroatoms. The minimum atomic E-state index is -0.279. The van der Waals surface area contributed by atoms with Gasteiger partial charge in [0.05, 0.1) is 0 Å². The maximum atomic E-state index is 11.7. The normalized spacial score (nSPS) is 10.2. The maximum absolute atomic E-state index is 11.7. The summed E-state index contributed by atoms with van der Waals surface area (Å²) >= 11 is 0. The second-order valence-electron chi connectivity index (χ2n) is 3.81. The zero-order valence-electron chi connectivity index (χ0n) is 9.80. The standard InChI is InChI=1S/C12H14N4O2/c17-11-5-1-4-10(15-11)12(18)13-6-2-8-16-9-3-7-14-16/h1,3-5,7,9H,2,6,8H2,(H,13,18)(H,15,17). The van der Waals surface area contributed by atoms with E-state index in [1.807, 2.05) is 12.3 Å². The Kier molecular flexibility index (Phi) is 3.90. The number of H-pyrrole nitrogens is 1. The predicted octanol–water partition coefficient (Wildman–Crippen LogP) is 0.391. The van der Waals surface area contributed by atoms with E-state index in [4.69, 9.17) is 0 Å². The van der Waals surface area contributed by atoms with Gasteiger partial charge in [-0.15, -0.1) is 0 Å². The molecule has 0 saturated carbocycles. The van der Waals surface area contributed by atoms with Crippen molar-refractivity contribution < 1.29 is 4.79 Å². The van der Waals surface area contributed by atoms with Crippen molar-refractivity contribution in [2.45, 2.75) is 13.0 Å². The van der Waals surface area contributed by atoms with Gasteiger partial charge in [-0.3, -0.25) is 14.3 Å². The first-order chi connectivity index (χ1) is 8.75. The van der Waals surface area contributed by atoms with Crippen molar-refractivity contribution in [3.8, 4) is 0 Å². The molecular formula is C12H14N4O2. The molecule has 2 N–H and O–H groups in total. The van der Waals surface area contributed by atoms with Crippen LogP contribution >= 0.6 is 0 Å². The Morgan fingerprint density at radius 3 is 3.00 bits per heavy atom. The second-order valence-corrected chi connectivity index (χ2v) is 3.81. The average molecular weight is 246 g/mol. The SMILES string of the molecule is O=C(NCCCn1cccn1)c1cccc(=O)[nH]1. The Bertz CT molecular complexity index is 559. The molecular weight excluding hydrogens is 232 g/mol. The Labute approximate surface area is 104 Å². The van der Waals surface area contributed by atoms with Gasteiger partial charge in [0, 0.05) is 31.5 Å². The Morgan fingerprint density at radius 2 is 2.28 bits per heavy atom. The number of carbonyl (C=O) groups is 1. The van der Waals surface area contributed by atoms with Crippen molar-refractivity contribution in [2.24, 2.45) is 0 Å². The summed E-state index contributed by atoms with van der Waals surface area (Å²) in [5.41, 5.74) is 0.000722. The summed E-state index contributed by atoms with van der Waals surface area (Å²) in [4.78, 5) is 25.2. The molecule has 0 atom stereocenters. The first-order valence-electron chi connectivity index (χ1n) is 5.71. The van der Waals surface area contributed by atoms with Crippen LogP contribution in [0.5, 0.6) is 0 Å². The third kappa shape index (κ3) is 3.31. The van der Waals surface area contributed by atoms with Crippen LogP contribution in [0.3, 0.4) is 0 Å². The Morgan fingerprint density at radius 1 is 1.39 bits per heavy atom. The highest BCUT2D eigenvalue weighted by molar-refractivity contribution is 5.92. The van der Waals surface area contributed by atoms with Crippen LogP contribution in [-0.4, -0.2) is 27.2 Å². The number of nitrogens with one attached hydrogen (secondary N) is 2. The number of hydrogen-bond acceptors (Lipinski definition) is 3. The van der Waals surface area contributed by atoms with E-state index in [0.717, 1.165) is 13.0 Å². The van der Waals surface area contributed by atoms with Gasteiger partial charge in [-0.25, -0.2) is 0 Å². The van der Waals surface area contributed by atoms with E-state index in [1.165, 1.54) is 6.07 Å². The minimum absolute atomic E-state index is 0.270. The van der Waals surface area contributed by atoms with Gasteiger partial charge < -0.3 is 10.3 Å². The molecule has 0 aromatic carbocycles. The smallest absolute Gasteiger partial charge is 0.267 e. The van der Waals surface area contributed by atoms with Gasteiger partial charge in [-0.1, -0.05) is 6.07 Å². The lowest BCUT2D eigenvalue weighted by atomic mass is 10.3. The van der Waals surface area contributed by atoms with Crippen LogP contribution in [0.1, 0.15) is 16.9 Å². The fourth-order valence-corrected chi connectivity index (χ4v) is 1.55. The van der Waals surface area contributed by atoms with Crippen LogP contribution in [0.15, 0.2) is 41.5 Å². The highest BCUT2D eigenvalue weighted by atomic mass is 16.2. The molecule has 6 nitrogen and oxygen atoms in total. The number of aryl methyl sites for hydroxylation is 1. The zero-order valence-corrected chi connectivity index (χ0v) is 9.80. The molecule has 2 rings (SSSR count). The number of aromatic nitrogens is 3. The van der Waals surface area contributed by atoms with Gasteiger partial charge in [-0.05, 0) is 18.6 Å². The molecule has 0 radical (unpaired) electrons. The Balaban J connectivity index is 1.77. The van der Waals surface area contributed by atoms with E-state index < -0.39 is 0 Å². The molecule has 0 aliphatic rings. The number of nitrogens with zero attached hydrogens (tertiary/aromatic N) is 2. The third-order valence-corrected chi connectivity index (χ3v) is 2.42. The highest BCUT2D eigenvalue weighted by Crippen LogP contribution is 1.91. The molecule has 1 amide bonds.